The lowest BCUT2D eigenvalue weighted by atomic mass is 9.41. The molecule has 1 spiro atoms. The van der Waals surface area contributed by atoms with Crippen molar-refractivity contribution in [1.29, 1.82) is 0 Å². The zero-order chi connectivity index (χ0) is 46.1. The van der Waals surface area contributed by atoms with Crippen molar-refractivity contribution in [2.75, 3.05) is 9.71 Å². The predicted octanol–water partition coefficient (Wildman–Crippen LogP) is 15.5. The molecule has 0 atom stereocenters. The lowest BCUT2D eigenvalue weighted by Crippen LogP contribution is -2.63. The van der Waals surface area contributed by atoms with Gasteiger partial charge in [-0.2, -0.15) is 0 Å². The first-order valence-corrected chi connectivity index (χ1v) is 24.7. The van der Waals surface area contributed by atoms with Crippen LogP contribution in [-0.2, 0) is 16.2 Å². The highest BCUT2D eigenvalue weighted by atomic mass is 15.2. The highest BCUT2D eigenvalue weighted by Gasteiger charge is 2.57. The topological polar surface area (TPSA) is 6.48 Å². The minimum absolute atomic E-state index is 0.0352. The van der Waals surface area contributed by atoms with Crippen molar-refractivity contribution in [2.24, 2.45) is 0 Å². The monoisotopic (exact) mass is 880 g/mol. The summed E-state index contributed by atoms with van der Waals surface area (Å²) in [6.07, 6.45) is 0. The number of nitrogens with zero attached hydrogens (tertiary/aromatic N) is 2. The molecule has 0 amide bonds. The van der Waals surface area contributed by atoms with Gasteiger partial charge in [-0.25, -0.2) is 0 Å². The molecule has 2 aliphatic carbocycles. The van der Waals surface area contributed by atoms with Gasteiger partial charge in [0.05, 0.1) is 11.1 Å². The quantitative estimate of drug-likeness (QED) is 0.160. The van der Waals surface area contributed by atoms with Gasteiger partial charge in [0.2, 0.25) is 0 Å². The molecule has 2 nitrogen and oxygen atoms in total. The Labute approximate surface area is 405 Å². The number of hydrogen-bond acceptors (Lipinski definition) is 2. The Kier molecular flexibility index (Phi) is 7.62. The third-order valence-electron chi connectivity index (χ3n) is 16.8. The summed E-state index contributed by atoms with van der Waals surface area (Å²) in [4.78, 5) is 5.45. The third-order valence-corrected chi connectivity index (χ3v) is 16.8. The largest absolute Gasteiger partial charge is 0.376 e. The number of benzene rings is 10. The molecule has 3 aliphatic heterocycles. The first kappa shape index (κ1) is 39.2. The van der Waals surface area contributed by atoms with E-state index in [0.717, 1.165) is 0 Å². The molecule has 0 unspecified atom stereocenters. The van der Waals surface area contributed by atoms with Gasteiger partial charge in [-0.15, -0.1) is 0 Å². The smallest absolute Gasteiger partial charge is 0.333 e. The van der Waals surface area contributed by atoms with Gasteiger partial charge in [0.1, 0.15) is 0 Å². The predicted molar refractivity (Wildman–Crippen MR) is 290 cm³/mol. The SMILES string of the molecule is CC(C)(C)c1ccc(N2c3cc4c(cc3B3c5c2cc2ccccc2c5-c2cccc5c2N3c2ccccc2C52c3ccccc3-c3ccccc32)-c2ccccc2C4(C)C)c(-c2ccccc2)c1. The maximum absolute atomic E-state index is 2.78. The molecule has 69 heavy (non-hydrogen) atoms. The van der Waals surface area contributed by atoms with Crippen LogP contribution >= 0.6 is 0 Å². The van der Waals surface area contributed by atoms with E-state index in [4.69, 9.17) is 0 Å². The summed E-state index contributed by atoms with van der Waals surface area (Å²) in [5, 5.41) is 2.53. The lowest BCUT2D eigenvalue weighted by molar-refractivity contribution is 0.590. The standard InChI is InChI=1S/C66H49BN2/c1-64(2,3)42-34-35-57(48(37-42)40-20-7-6-8-21-40)68-59-39-55-49(46-26-11-14-28-50(46)65(55,4)5)38-56(59)67-62-60(68)36-41-22-9-10-23-43(41)61(62)47-27-19-32-54-63(47)69(67)58-33-18-17-31-53(58)66(54)51-29-15-12-24-44(51)45-25-13-16-30-52(45)66/h6-39H,1-5H3. The highest BCUT2D eigenvalue weighted by molar-refractivity contribution is 6.94. The van der Waals surface area contributed by atoms with Crippen molar-refractivity contribution < 1.29 is 0 Å². The van der Waals surface area contributed by atoms with Gasteiger partial charge in [0, 0.05) is 39.3 Å². The molecule has 0 saturated carbocycles. The van der Waals surface area contributed by atoms with E-state index in [1.165, 1.54) is 134 Å². The van der Waals surface area contributed by atoms with E-state index >= 15 is 0 Å². The average Bonchev–Trinajstić information content (AvgIpc) is 3.80. The Balaban J connectivity index is 1.13. The second-order valence-corrected chi connectivity index (χ2v) is 21.5. The summed E-state index contributed by atoms with van der Waals surface area (Å²) < 4.78 is 0. The van der Waals surface area contributed by atoms with Gasteiger partial charge in [-0.1, -0.05) is 211 Å². The fraction of sp³-hybridized carbons (Fsp3) is 0.121. The van der Waals surface area contributed by atoms with Gasteiger partial charge < -0.3 is 9.71 Å². The third kappa shape index (κ3) is 4.88. The Morgan fingerprint density at radius 2 is 1.03 bits per heavy atom. The van der Waals surface area contributed by atoms with Gasteiger partial charge in [0.15, 0.2) is 0 Å². The molecule has 10 aromatic rings. The number of hydrogen-bond donors (Lipinski definition) is 0. The van der Waals surface area contributed by atoms with Crippen molar-refractivity contribution in [1.82, 2.24) is 0 Å². The highest BCUT2D eigenvalue weighted by Crippen LogP contribution is 2.65. The molecule has 3 heteroatoms. The maximum Gasteiger partial charge on any atom is 0.333 e. The summed E-state index contributed by atoms with van der Waals surface area (Å²) in [5.74, 6) is 0. The zero-order valence-electron chi connectivity index (χ0n) is 39.6. The first-order valence-electron chi connectivity index (χ1n) is 24.7. The van der Waals surface area contributed by atoms with E-state index in [0.29, 0.717) is 0 Å². The fourth-order valence-corrected chi connectivity index (χ4v) is 13.8. The molecule has 0 saturated heterocycles. The Morgan fingerprint density at radius 1 is 0.420 bits per heavy atom. The maximum atomic E-state index is 2.78. The molecule has 3 heterocycles. The van der Waals surface area contributed by atoms with Crippen molar-refractivity contribution >= 4 is 57.0 Å². The van der Waals surface area contributed by atoms with Crippen LogP contribution in [0.3, 0.4) is 0 Å². The molecule has 5 aliphatic rings. The molecule has 0 fully saturated rings. The molecule has 0 N–H and O–H groups in total. The van der Waals surface area contributed by atoms with E-state index in [1.54, 1.807) is 0 Å². The minimum Gasteiger partial charge on any atom is -0.376 e. The molecule has 0 aromatic heterocycles. The van der Waals surface area contributed by atoms with Crippen LogP contribution in [0.1, 0.15) is 73.6 Å². The molecular weight excluding hydrogens is 832 g/mol. The summed E-state index contributed by atoms with van der Waals surface area (Å²) in [6, 6.07) is 79.4. The van der Waals surface area contributed by atoms with Gasteiger partial charge in [-0.05, 0) is 130 Å². The van der Waals surface area contributed by atoms with E-state index < -0.39 is 5.41 Å². The van der Waals surface area contributed by atoms with Crippen LogP contribution in [0.5, 0.6) is 0 Å². The van der Waals surface area contributed by atoms with Crippen LogP contribution < -0.4 is 20.6 Å². The summed E-state index contributed by atoms with van der Waals surface area (Å²) in [7, 11) is 0. The number of fused-ring (bicyclic) bond motifs is 18. The van der Waals surface area contributed by atoms with Crippen LogP contribution in [0.4, 0.5) is 28.4 Å². The Bertz CT molecular complexity index is 3840. The van der Waals surface area contributed by atoms with Gasteiger partial charge >= 0.3 is 6.85 Å². The second-order valence-electron chi connectivity index (χ2n) is 21.5. The fourth-order valence-electron chi connectivity index (χ4n) is 13.8. The van der Waals surface area contributed by atoms with Crippen LogP contribution in [0.25, 0.3) is 55.3 Å². The minimum atomic E-state index is -0.514. The number of anilines is 5. The van der Waals surface area contributed by atoms with Crippen molar-refractivity contribution in [3.63, 3.8) is 0 Å². The van der Waals surface area contributed by atoms with Crippen molar-refractivity contribution in [2.45, 2.75) is 50.9 Å². The van der Waals surface area contributed by atoms with Gasteiger partial charge in [-0.3, -0.25) is 0 Å². The van der Waals surface area contributed by atoms with Crippen molar-refractivity contribution in [3.05, 3.63) is 245 Å². The van der Waals surface area contributed by atoms with Crippen LogP contribution in [0, 0.1) is 0 Å². The van der Waals surface area contributed by atoms with E-state index in [2.05, 4.69) is 251 Å². The molecular formula is C66H49BN2. The number of rotatable bonds is 2. The average molecular weight is 881 g/mol. The molecule has 0 radical (unpaired) electrons. The van der Waals surface area contributed by atoms with Crippen LogP contribution in [-0.4, -0.2) is 6.85 Å². The first-order chi connectivity index (χ1) is 33.7. The van der Waals surface area contributed by atoms with Gasteiger partial charge in [0.25, 0.3) is 0 Å². The van der Waals surface area contributed by atoms with Crippen LogP contribution in [0.2, 0.25) is 0 Å². The summed E-state index contributed by atoms with van der Waals surface area (Å²) in [6.45, 7) is 11.7. The molecule has 326 valence electrons. The lowest BCUT2D eigenvalue weighted by Gasteiger charge is -2.52. The van der Waals surface area contributed by atoms with Crippen LogP contribution in [0.15, 0.2) is 206 Å². The van der Waals surface area contributed by atoms with Crippen molar-refractivity contribution in [3.8, 4) is 44.5 Å². The zero-order valence-corrected chi connectivity index (χ0v) is 39.6. The normalized spacial score (nSPS) is 15.5. The molecule has 15 rings (SSSR count). The Morgan fingerprint density at radius 3 is 1.77 bits per heavy atom. The van der Waals surface area contributed by atoms with E-state index in [1.807, 2.05) is 0 Å². The van der Waals surface area contributed by atoms with E-state index in [-0.39, 0.29) is 17.7 Å². The second kappa shape index (κ2) is 13.4. The van der Waals surface area contributed by atoms with E-state index in [9.17, 15) is 0 Å². The molecule has 0 bridgehead atoms. The Hall–Kier alpha value is -7.88. The number of para-hydroxylation sites is 2. The molecule has 10 aromatic carbocycles. The summed E-state index contributed by atoms with van der Waals surface area (Å²) >= 11 is 0. The summed E-state index contributed by atoms with van der Waals surface area (Å²) in [5.41, 5.74) is 28.0.